The predicted molar refractivity (Wildman–Crippen MR) is 172 cm³/mol. The highest BCUT2D eigenvalue weighted by molar-refractivity contribution is 7.92. The maximum absolute atomic E-state index is 14.5. The third-order valence-electron chi connectivity index (χ3n) is 7.27. The van der Waals surface area contributed by atoms with Crippen molar-refractivity contribution in [2.75, 3.05) is 39.2 Å². The van der Waals surface area contributed by atoms with E-state index in [1.54, 1.807) is 55.6 Å². The second kappa shape index (κ2) is 15.1. The monoisotopic (exact) mass is 631 g/mol. The molecule has 0 bridgehead atoms. The van der Waals surface area contributed by atoms with Crippen LogP contribution in [0.5, 0.6) is 17.2 Å². The van der Waals surface area contributed by atoms with Gasteiger partial charge < -0.3 is 24.4 Å². The van der Waals surface area contributed by atoms with Gasteiger partial charge in [-0.05, 0) is 47.5 Å². The Labute approximate surface area is 264 Å². The Morgan fingerprint density at radius 3 is 2.00 bits per heavy atom. The van der Waals surface area contributed by atoms with Gasteiger partial charge in [-0.3, -0.25) is 13.9 Å². The van der Waals surface area contributed by atoms with Gasteiger partial charge in [-0.25, -0.2) is 8.42 Å². The van der Waals surface area contributed by atoms with Crippen LogP contribution in [0.4, 0.5) is 5.69 Å². The van der Waals surface area contributed by atoms with Crippen molar-refractivity contribution in [3.63, 3.8) is 0 Å². The Hall–Kier alpha value is -5.03. The number of carbonyl (C=O) groups excluding carboxylic acids is 2. The molecule has 45 heavy (non-hydrogen) atoms. The van der Waals surface area contributed by atoms with Crippen molar-refractivity contribution in [3.8, 4) is 17.2 Å². The molecule has 4 aromatic carbocycles. The first-order chi connectivity index (χ1) is 21.7. The van der Waals surface area contributed by atoms with Crippen LogP contribution in [0.25, 0.3) is 0 Å². The molecule has 0 aliphatic heterocycles. The van der Waals surface area contributed by atoms with E-state index in [0.29, 0.717) is 17.1 Å². The highest BCUT2D eigenvalue weighted by atomic mass is 32.2. The van der Waals surface area contributed by atoms with E-state index in [0.717, 1.165) is 9.87 Å². The molecule has 4 aromatic rings. The topological polar surface area (TPSA) is 114 Å². The van der Waals surface area contributed by atoms with E-state index in [-0.39, 0.29) is 29.3 Å². The molecule has 0 aromatic heterocycles. The van der Waals surface area contributed by atoms with Crippen LogP contribution in [0.3, 0.4) is 0 Å². The smallest absolute Gasteiger partial charge is 0.264 e. The second-order valence-corrected chi connectivity index (χ2v) is 11.9. The third kappa shape index (κ3) is 7.93. The van der Waals surface area contributed by atoms with E-state index in [2.05, 4.69) is 5.32 Å². The van der Waals surface area contributed by atoms with Gasteiger partial charge in [-0.2, -0.15) is 0 Å². The molecule has 1 N–H and O–H groups in total. The van der Waals surface area contributed by atoms with Crippen molar-refractivity contribution in [1.29, 1.82) is 0 Å². The summed E-state index contributed by atoms with van der Waals surface area (Å²) in [5.74, 6) is 0.161. The fourth-order valence-electron chi connectivity index (χ4n) is 4.91. The van der Waals surface area contributed by atoms with Crippen molar-refractivity contribution in [1.82, 2.24) is 10.2 Å². The molecule has 4 rings (SSSR count). The lowest BCUT2D eigenvalue weighted by atomic mass is 10.0. The van der Waals surface area contributed by atoms with Gasteiger partial charge in [-0.15, -0.1) is 0 Å². The summed E-state index contributed by atoms with van der Waals surface area (Å²) in [6, 6.07) is 28.0. The summed E-state index contributed by atoms with van der Waals surface area (Å²) >= 11 is 0. The number of rotatable bonds is 14. The molecule has 0 radical (unpaired) electrons. The lowest BCUT2D eigenvalue weighted by molar-refractivity contribution is -0.139. The van der Waals surface area contributed by atoms with E-state index in [9.17, 15) is 18.0 Å². The summed E-state index contributed by atoms with van der Waals surface area (Å²) in [5.41, 5.74) is 1.63. The van der Waals surface area contributed by atoms with Crippen LogP contribution in [0.2, 0.25) is 0 Å². The number of amides is 2. The highest BCUT2D eigenvalue weighted by Gasteiger charge is 2.35. The van der Waals surface area contributed by atoms with Crippen molar-refractivity contribution < 1.29 is 32.2 Å². The van der Waals surface area contributed by atoms with E-state index >= 15 is 0 Å². The zero-order valence-corrected chi connectivity index (χ0v) is 26.5. The number of benzene rings is 4. The van der Waals surface area contributed by atoms with Gasteiger partial charge in [0.05, 0.1) is 31.9 Å². The Bertz CT molecular complexity index is 1700. The van der Waals surface area contributed by atoms with Crippen molar-refractivity contribution in [3.05, 3.63) is 114 Å². The van der Waals surface area contributed by atoms with Crippen LogP contribution in [-0.2, 0) is 32.6 Å². The minimum absolute atomic E-state index is 0.00935. The Balaban J connectivity index is 1.85. The first-order valence-corrected chi connectivity index (χ1v) is 15.6. The minimum atomic E-state index is -4.30. The average Bonchev–Trinajstić information content (AvgIpc) is 3.08. The number of nitrogens with one attached hydrogen (secondary N) is 1. The van der Waals surface area contributed by atoms with Gasteiger partial charge >= 0.3 is 0 Å². The minimum Gasteiger partial charge on any atom is -0.497 e. The molecule has 0 saturated carbocycles. The van der Waals surface area contributed by atoms with E-state index in [1.807, 2.05) is 36.4 Å². The molecule has 0 heterocycles. The van der Waals surface area contributed by atoms with Crippen molar-refractivity contribution in [2.45, 2.75) is 23.9 Å². The summed E-state index contributed by atoms with van der Waals surface area (Å²) in [6.45, 7) is -0.623. The molecule has 0 aliphatic carbocycles. The SMILES string of the molecule is CNC(=O)C(Cc1ccccc1)N(Cc1cccc(OC)c1)C(=O)CN(c1cc(OC)ccc1OC)S(=O)(=O)c1ccccc1. The summed E-state index contributed by atoms with van der Waals surface area (Å²) in [7, 11) is 1.61. The number of nitrogens with zero attached hydrogens (tertiary/aromatic N) is 2. The standard InChI is InChI=1S/C34H37N3O7S/c1-35-34(39)31(21-25-12-7-5-8-13-25)36(23-26-14-11-15-27(20-26)42-2)33(38)24-37(45(40,41)29-16-9-6-10-17-29)30-22-28(43-3)18-19-32(30)44-4/h5-20,22,31H,21,23-24H2,1-4H3,(H,35,39). The number of likely N-dealkylation sites (N-methyl/N-ethyl adjacent to an activating group) is 1. The van der Waals surface area contributed by atoms with Gasteiger partial charge in [0.15, 0.2) is 0 Å². The van der Waals surface area contributed by atoms with E-state index < -0.39 is 34.4 Å². The number of anilines is 1. The summed E-state index contributed by atoms with van der Waals surface area (Å²) in [5, 5.41) is 2.68. The summed E-state index contributed by atoms with van der Waals surface area (Å²) < 4.78 is 45.7. The molecule has 11 heteroatoms. The Morgan fingerprint density at radius 1 is 0.756 bits per heavy atom. The van der Waals surface area contributed by atoms with Crippen LogP contribution >= 0.6 is 0 Å². The van der Waals surface area contributed by atoms with Crippen molar-refractivity contribution >= 4 is 27.5 Å². The van der Waals surface area contributed by atoms with Gasteiger partial charge in [0.1, 0.15) is 29.8 Å². The molecule has 10 nitrogen and oxygen atoms in total. The van der Waals surface area contributed by atoms with Crippen LogP contribution in [0, 0.1) is 0 Å². The van der Waals surface area contributed by atoms with Crippen LogP contribution in [-0.4, -0.2) is 66.1 Å². The third-order valence-corrected chi connectivity index (χ3v) is 9.04. The Kier molecular flexibility index (Phi) is 11.0. The predicted octanol–water partition coefficient (Wildman–Crippen LogP) is 4.29. The molecule has 236 valence electrons. The molecule has 1 unspecified atom stereocenters. The van der Waals surface area contributed by atoms with Gasteiger partial charge in [0, 0.05) is 26.1 Å². The van der Waals surface area contributed by atoms with Crippen LogP contribution < -0.4 is 23.8 Å². The highest BCUT2D eigenvalue weighted by Crippen LogP contribution is 2.36. The average molecular weight is 632 g/mol. The van der Waals surface area contributed by atoms with E-state index in [4.69, 9.17) is 14.2 Å². The molecule has 2 amide bonds. The number of carbonyl (C=O) groups is 2. The first kappa shape index (κ1) is 32.9. The molecular weight excluding hydrogens is 594 g/mol. The quantitative estimate of drug-likeness (QED) is 0.221. The summed E-state index contributed by atoms with van der Waals surface area (Å²) in [6.07, 6.45) is 0.199. The largest absolute Gasteiger partial charge is 0.497 e. The molecule has 0 aliphatic rings. The molecule has 0 spiro atoms. The second-order valence-electron chi connectivity index (χ2n) is 10.1. The normalized spacial score (nSPS) is 11.6. The van der Waals surface area contributed by atoms with Crippen molar-refractivity contribution in [2.24, 2.45) is 0 Å². The maximum Gasteiger partial charge on any atom is 0.264 e. The zero-order valence-electron chi connectivity index (χ0n) is 25.7. The lowest BCUT2D eigenvalue weighted by Gasteiger charge is -2.34. The van der Waals surface area contributed by atoms with Gasteiger partial charge in [0.25, 0.3) is 10.0 Å². The lowest BCUT2D eigenvalue weighted by Crippen LogP contribution is -2.53. The number of methoxy groups -OCH3 is 3. The number of hydrogen-bond acceptors (Lipinski definition) is 7. The zero-order chi connectivity index (χ0) is 32.4. The van der Waals surface area contributed by atoms with E-state index in [1.165, 1.54) is 44.4 Å². The number of ether oxygens (including phenoxy) is 3. The molecular formula is C34H37N3O7S. The number of hydrogen-bond donors (Lipinski definition) is 1. The van der Waals surface area contributed by atoms with Crippen LogP contribution in [0.1, 0.15) is 11.1 Å². The fourth-order valence-corrected chi connectivity index (χ4v) is 6.35. The van der Waals surface area contributed by atoms with Gasteiger partial charge in [0.2, 0.25) is 11.8 Å². The summed E-state index contributed by atoms with van der Waals surface area (Å²) in [4.78, 5) is 29.3. The number of sulfonamides is 1. The Morgan fingerprint density at radius 2 is 1.38 bits per heavy atom. The fraction of sp³-hybridized carbons (Fsp3) is 0.235. The molecule has 0 saturated heterocycles. The van der Waals surface area contributed by atoms with Gasteiger partial charge in [-0.1, -0.05) is 60.7 Å². The van der Waals surface area contributed by atoms with Crippen LogP contribution in [0.15, 0.2) is 108 Å². The molecule has 0 fully saturated rings. The maximum atomic E-state index is 14.5. The first-order valence-electron chi connectivity index (χ1n) is 14.2. The molecule has 1 atom stereocenters.